The van der Waals surface area contributed by atoms with Crippen LogP contribution in [0.25, 0.3) is 0 Å². The molecule has 1 heterocycles. The molecule has 1 fully saturated rings. The molecule has 1 aromatic rings. The van der Waals surface area contributed by atoms with E-state index in [2.05, 4.69) is 11.5 Å². The number of carboxylic acid groups (broad SMARTS) is 1. The number of piperidine rings is 1. The second kappa shape index (κ2) is 9.06. The smallest absolute Gasteiger partial charge is 0.317 e. The van der Waals surface area contributed by atoms with Gasteiger partial charge in [0, 0.05) is 12.6 Å². The molecule has 1 aliphatic rings. The van der Waals surface area contributed by atoms with Gasteiger partial charge in [0.25, 0.3) is 0 Å². The summed E-state index contributed by atoms with van der Waals surface area (Å²) in [5, 5.41) is 9.50. The zero-order chi connectivity index (χ0) is 17.5. The maximum atomic E-state index is 10.8. The third kappa shape index (κ3) is 5.51. The maximum absolute atomic E-state index is 10.8. The molecule has 6 heteroatoms. The average Bonchev–Trinajstić information content (AvgIpc) is 2.54. The van der Waals surface area contributed by atoms with Crippen molar-refractivity contribution in [3.8, 4) is 5.75 Å². The normalized spacial score (nSPS) is 16.3. The number of carboxylic acids is 1. The van der Waals surface area contributed by atoms with Gasteiger partial charge < -0.3 is 9.84 Å². The highest BCUT2D eigenvalue weighted by atomic mass is 35.5. The molecule has 0 radical (unpaired) electrons. The number of halogens is 1. The highest BCUT2D eigenvalue weighted by Gasteiger charge is 2.23. The first-order valence-corrected chi connectivity index (χ1v) is 8.54. The van der Waals surface area contributed by atoms with Gasteiger partial charge in [-0.15, -0.1) is 0 Å². The molecule has 0 amide bonds. The number of hydrogen-bond donors (Lipinski definition) is 1. The number of carbonyl (C=O) groups is 1. The number of aliphatic carboxylic acids is 1. The molecular formula is C18H25ClN2O3. The Morgan fingerprint density at radius 3 is 2.79 bits per heavy atom. The summed E-state index contributed by atoms with van der Waals surface area (Å²) in [5.41, 5.74) is 1.16. The van der Waals surface area contributed by atoms with Gasteiger partial charge in [0.2, 0.25) is 0 Å². The molecule has 0 bridgehead atoms. The first-order valence-electron chi connectivity index (χ1n) is 8.16. The Balaban J connectivity index is 1.84. The second-order valence-corrected chi connectivity index (χ2v) is 6.59. The summed E-state index contributed by atoms with van der Waals surface area (Å²) in [6.45, 7) is 6.93. The summed E-state index contributed by atoms with van der Waals surface area (Å²) in [7, 11) is 1.89. The van der Waals surface area contributed by atoms with E-state index in [4.69, 9.17) is 21.4 Å². The largest absolute Gasteiger partial charge is 0.488 e. The van der Waals surface area contributed by atoms with E-state index in [1.54, 1.807) is 6.08 Å². The van der Waals surface area contributed by atoms with Crippen molar-refractivity contribution in [2.24, 2.45) is 0 Å². The molecule has 1 aliphatic heterocycles. The molecule has 1 N–H and O–H groups in total. The number of likely N-dealkylation sites (N-methyl/N-ethyl adjacent to an activating group) is 1. The summed E-state index contributed by atoms with van der Waals surface area (Å²) in [6.07, 6.45) is 3.66. The fraction of sp³-hybridized carbons (Fsp3) is 0.500. The molecular weight excluding hydrogens is 328 g/mol. The molecule has 132 valence electrons. The minimum absolute atomic E-state index is 0.104. The van der Waals surface area contributed by atoms with Crippen molar-refractivity contribution < 1.29 is 14.6 Å². The van der Waals surface area contributed by atoms with Gasteiger partial charge in [-0.2, -0.15) is 0 Å². The maximum Gasteiger partial charge on any atom is 0.317 e. The molecule has 0 saturated carbocycles. The van der Waals surface area contributed by atoms with Crippen LogP contribution in [0.15, 0.2) is 30.9 Å². The van der Waals surface area contributed by atoms with Crippen LogP contribution in [0, 0.1) is 0 Å². The zero-order valence-electron chi connectivity index (χ0n) is 14.1. The summed E-state index contributed by atoms with van der Waals surface area (Å²) < 4.78 is 5.49. The van der Waals surface area contributed by atoms with Gasteiger partial charge >= 0.3 is 5.97 Å². The third-order valence-electron chi connectivity index (χ3n) is 4.32. The van der Waals surface area contributed by atoms with Crippen LogP contribution in [0.1, 0.15) is 18.4 Å². The molecule has 0 aliphatic carbocycles. The summed E-state index contributed by atoms with van der Waals surface area (Å²) >= 11 is 6.26. The minimum Gasteiger partial charge on any atom is -0.488 e. The number of ether oxygens (including phenoxy) is 1. The van der Waals surface area contributed by atoms with Gasteiger partial charge in [-0.3, -0.25) is 14.6 Å². The molecule has 0 spiro atoms. The van der Waals surface area contributed by atoms with Crippen molar-refractivity contribution in [1.82, 2.24) is 9.80 Å². The van der Waals surface area contributed by atoms with Crippen molar-refractivity contribution in [3.05, 3.63) is 41.4 Å². The van der Waals surface area contributed by atoms with Gasteiger partial charge in [0.1, 0.15) is 12.4 Å². The Labute approximate surface area is 148 Å². The van der Waals surface area contributed by atoms with E-state index in [1.165, 1.54) is 0 Å². The average molecular weight is 353 g/mol. The van der Waals surface area contributed by atoms with Gasteiger partial charge in [0.05, 0.1) is 11.6 Å². The van der Waals surface area contributed by atoms with Crippen LogP contribution in [0.5, 0.6) is 5.75 Å². The molecule has 1 aromatic carbocycles. The topological polar surface area (TPSA) is 53.0 Å². The lowest BCUT2D eigenvalue weighted by molar-refractivity contribution is -0.138. The molecule has 0 aromatic heterocycles. The van der Waals surface area contributed by atoms with Crippen LogP contribution in [0.4, 0.5) is 0 Å². The van der Waals surface area contributed by atoms with Crippen molar-refractivity contribution in [3.63, 3.8) is 0 Å². The quantitative estimate of drug-likeness (QED) is 0.729. The van der Waals surface area contributed by atoms with Crippen LogP contribution in [0.2, 0.25) is 5.02 Å². The van der Waals surface area contributed by atoms with E-state index in [0.29, 0.717) is 23.4 Å². The van der Waals surface area contributed by atoms with Crippen molar-refractivity contribution in [2.75, 3.05) is 33.3 Å². The van der Waals surface area contributed by atoms with E-state index in [9.17, 15) is 4.79 Å². The van der Waals surface area contributed by atoms with Gasteiger partial charge in [-0.1, -0.05) is 30.3 Å². The third-order valence-corrected chi connectivity index (χ3v) is 4.62. The Hall–Kier alpha value is -1.56. The SMILES string of the molecule is C=CCOc1ccc(CN2CCC(N(C)CC(=O)O)CC2)cc1Cl. The van der Waals surface area contributed by atoms with Crippen LogP contribution in [0.3, 0.4) is 0 Å². The zero-order valence-corrected chi connectivity index (χ0v) is 14.8. The Kier molecular flexibility index (Phi) is 7.09. The van der Waals surface area contributed by atoms with Crippen LogP contribution < -0.4 is 4.74 Å². The number of likely N-dealkylation sites (tertiary alicyclic amines) is 1. The van der Waals surface area contributed by atoms with E-state index in [1.807, 2.05) is 30.1 Å². The molecule has 0 unspecified atom stereocenters. The molecule has 1 saturated heterocycles. The lowest BCUT2D eigenvalue weighted by Crippen LogP contribution is -2.44. The minimum atomic E-state index is -0.770. The van der Waals surface area contributed by atoms with Gasteiger partial charge in [-0.25, -0.2) is 0 Å². The fourth-order valence-corrected chi connectivity index (χ4v) is 3.29. The summed E-state index contributed by atoms with van der Waals surface area (Å²) in [5.74, 6) is -0.0948. The Morgan fingerprint density at radius 1 is 1.50 bits per heavy atom. The van der Waals surface area contributed by atoms with Crippen LogP contribution in [-0.4, -0.2) is 60.2 Å². The summed E-state index contributed by atoms with van der Waals surface area (Å²) in [4.78, 5) is 15.1. The van der Waals surface area contributed by atoms with Crippen molar-refractivity contribution >= 4 is 17.6 Å². The summed E-state index contributed by atoms with van der Waals surface area (Å²) in [6, 6.07) is 6.22. The predicted molar refractivity (Wildman–Crippen MR) is 95.7 cm³/mol. The lowest BCUT2D eigenvalue weighted by atomic mass is 10.0. The standard InChI is InChI=1S/C18H25ClN2O3/c1-3-10-24-17-5-4-14(11-16(17)19)12-21-8-6-15(7-9-21)20(2)13-18(22)23/h3-5,11,15H,1,6-10,12-13H2,2H3,(H,22,23). The van der Waals surface area contributed by atoms with E-state index in [-0.39, 0.29) is 6.54 Å². The Bertz CT molecular complexity index is 571. The first kappa shape index (κ1) is 18.8. The Morgan fingerprint density at radius 2 is 2.21 bits per heavy atom. The predicted octanol–water partition coefficient (Wildman–Crippen LogP) is 2.89. The van der Waals surface area contributed by atoms with E-state index >= 15 is 0 Å². The lowest BCUT2D eigenvalue weighted by Gasteiger charge is -2.36. The van der Waals surface area contributed by atoms with Gasteiger partial charge in [0.15, 0.2) is 0 Å². The van der Waals surface area contributed by atoms with Crippen LogP contribution >= 0.6 is 11.6 Å². The van der Waals surface area contributed by atoms with E-state index in [0.717, 1.165) is 38.0 Å². The number of rotatable bonds is 8. The number of benzene rings is 1. The second-order valence-electron chi connectivity index (χ2n) is 6.18. The highest BCUT2D eigenvalue weighted by Crippen LogP contribution is 2.26. The molecule has 24 heavy (non-hydrogen) atoms. The van der Waals surface area contributed by atoms with Crippen molar-refractivity contribution in [2.45, 2.75) is 25.4 Å². The number of nitrogens with zero attached hydrogens (tertiary/aromatic N) is 2. The van der Waals surface area contributed by atoms with Gasteiger partial charge in [-0.05, 0) is 50.7 Å². The van der Waals surface area contributed by atoms with Crippen molar-refractivity contribution in [1.29, 1.82) is 0 Å². The fourth-order valence-electron chi connectivity index (χ4n) is 3.03. The first-order chi connectivity index (χ1) is 11.5. The van der Waals surface area contributed by atoms with E-state index < -0.39 is 5.97 Å². The number of hydrogen-bond acceptors (Lipinski definition) is 4. The monoisotopic (exact) mass is 352 g/mol. The molecule has 2 rings (SSSR count). The molecule has 5 nitrogen and oxygen atoms in total. The molecule has 0 atom stereocenters. The van der Waals surface area contributed by atoms with Crippen LogP contribution in [-0.2, 0) is 11.3 Å². The highest BCUT2D eigenvalue weighted by molar-refractivity contribution is 6.32.